The molecule has 0 saturated heterocycles. The van der Waals surface area contributed by atoms with Crippen molar-refractivity contribution in [2.24, 2.45) is 5.92 Å². The third kappa shape index (κ3) is 2.75. The van der Waals surface area contributed by atoms with E-state index in [1.54, 1.807) is 13.8 Å². The quantitative estimate of drug-likeness (QED) is 0.618. The van der Waals surface area contributed by atoms with Gasteiger partial charge in [-0.2, -0.15) is 0 Å². The zero-order valence-electron chi connectivity index (χ0n) is 11.3. The Hall–Kier alpha value is -1.90. The van der Waals surface area contributed by atoms with E-state index in [1.165, 1.54) is 0 Å². The van der Waals surface area contributed by atoms with Crippen molar-refractivity contribution in [3.8, 4) is 0 Å². The van der Waals surface area contributed by atoms with Gasteiger partial charge >= 0.3 is 5.97 Å². The molecule has 3 nitrogen and oxygen atoms in total. The molecule has 2 atom stereocenters. The zero-order valence-corrected chi connectivity index (χ0v) is 11.3. The number of ketones is 1. The summed E-state index contributed by atoms with van der Waals surface area (Å²) in [5, 5.41) is 0. The molecule has 0 radical (unpaired) electrons. The molecule has 0 amide bonds. The van der Waals surface area contributed by atoms with Gasteiger partial charge in [-0.25, -0.2) is 0 Å². The first-order valence-corrected chi connectivity index (χ1v) is 6.57. The maximum Gasteiger partial charge on any atom is 0.317 e. The maximum absolute atomic E-state index is 12.3. The monoisotopic (exact) mass is 258 g/mol. The number of carbonyl (C=O) groups excluding carboxylic acids is 2. The summed E-state index contributed by atoms with van der Waals surface area (Å²) in [6.45, 7) is 3.81. The van der Waals surface area contributed by atoms with Crippen LogP contribution in [-0.4, -0.2) is 18.4 Å². The van der Waals surface area contributed by atoms with Gasteiger partial charge in [-0.3, -0.25) is 9.59 Å². The minimum Gasteiger partial charge on any atom is -0.465 e. The molecule has 1 aliphatic carbocycles. The molecule has 0 aliphatic heterocycles. The number of hydrogen-bond acceptors (Lipinski definition) is 3. The van der Waals surface area contributed by atoms with Gasteiger partial charge in [0.1, 0.15) is 5.92 Å². The average molecular weight is 258 g/mol. The van der Waals surface area contributed by atoms with Crippen molar-refractivity contribution in [1.29, 1.82) is 0 Å². The lowest BCUT2D eigenvalue weighted by Crippen LogP contribution is -2.34. The van der Waals surface area contributed by atoms with E-state index in [-0.39, 0.29) is 11.7 Å². The normalized spacial score (nSPS) is 22.8. The lowest BCUT2D eigenvalue weighted by molar-refractivity contribution is -0.152. The van der Waals surface area contributed by atoms with Crippen molar-refractivity contribution in [3.63, 3.8) is 0 Å². The molecular formula is C16H18O3. The fourth-order valence-corrected chi connectivity index (χ4v) is 2.50. The van der Waals surface area contributed by atoms with Gasteiger partial charge in [0.2, 0.25) is 0 Å². The Kier molecular flexibility index (Phi) is 4.15. The minimum absolute atomic E-state index is 0.112. The molecule has 0 spiro atoms. The first-order chi connectivity index (χ1) is 9.15. The number of Topliss-reactive ketones (excluding diaryl/α,β-unsaturated/α-hetero) is 1. The van der Waals surface area contributed by atoms with Crippen LogP contribution < -0.4 is 0 Å². The second kappa shape index (κ2) is 5.83. The van der Waals surface area contributed by atoms with Crippen molar-refractivity contribution in [3.05, 3.63) is 47.5 Å². The van der Waals surface area contributed by atoms with Crippen molar-refractivity contribution in [1.82, 2.24) is 0 Å². The van der Waals surface area contributed by atoms with Crippen LogP contribution in [0.1, 0.15) is 31.7 Å². The number of ether oxygens (including phenoxy) is 1. The van der Waals surface area contributed by atoms with Crippen molar-refractivity contribution in [2.45, 2.75) is 26.2 Å². The second-order valence-corrected chi connectivity index (χ2v) is 4.73. The molecule has 0 heterocycles. The Labute approximate surface area is 113 Å². The van der Waals surface area contributed by atoms with E-state index in [4.69, 9.17) is 4.74 Å². The summed E-state index contributed by atoms with van der Waals surface area (Å²) in [6, 6.07) is 9.69. The molecule has 0 saturated carbocycles. The highest BCUT2D eigenvalue weighted by molar-refractivity contribution is 6.09. The van der Waals surface area contributed by atoms with E-state index in [0.717, 1.165) is 5.56 Å². The average Bonchev–Trinajstić information content (AvgIpc) is 2.42. The van der Waals surface area contributed by atoms with Crippen LogP contribution in [0, 0.1) is 5.92 Å². The molecule has 1 aromatic carbocycles. The standard InChI is InChI=1S/C16H18O3/c1-3-19-16(18)14-13(10-9-11(2)15(14)17)12-7-5-4-6-8-12/h4-9,13-14H,3,10H2,1-2H3/t13?,14-/m0/s1. The summed E-state index contributed by atoms with van der Waals surface area (Å²) < 4.78 is 5.06. The Morgan fingerprint density at radius 1 is 1.32 bits per heavy atom. The Morgan fingerprint density at radius 3 is 2.63 bits per heavy atom. The van der Waals surface area contributed by atoms with Crippen LogP contribution in [-0.2, 0) is 14.3 Å². The van der Waals surface area contributed by atoms with Crippen LogP contribution in [0.15, 0.2) is 42.0 Å². The number of allylic oxidation sites excluding steroid dienone is 2. The van der Waals surface area contributed by atoms with E-state index < -0.39 is 11.9 Å². The molecule has 0 bridgehead atoms. The van der Waals surface area contributed by atoms with Gasteiger partial charge < -0.3 is 4.74 Å². The molecule has 19 heavy (non-hydrogen) atoms. The molecule has 0 N–H and O–H groups in total. The summed E-state index contributed by atoms with van der Waals surface area (Å²) in [5.41, 5.74) is 1.67. The summed E-state index contributed by atoms with van der Waals surface area (Å²) in [5.74, 6) is -1.34. The number of benzene rings is 1. The van der Waals surface area contributed by atoms with Crippen LogP contribution >= 0.6 is 0 Å². The van der Waals surface area contributed by atoms with Crippen LogP contribution in [0.3, 0.4) is 0 Å². The third-order valence-electron chi connectivity index (χ3n) is 3.52. The first kappa shape index (κ1) is 13.5. The Balaban J connectivity index is 2.35. The molecule has 2 rings (SSSR count). The number of hydrogen-bond donors (Lipinski definition) is 0. The van der Waals surface area contributed by atoms with Gasteiger partial charge in [0.25, 0.3) is 0 Å². The number of carbonyl (C=O) groups is 2. The third-order valence-corrected chi connectivity index (χ3v) is 3.52. The number of esters is 1. The van der Waals surface area contributed by atoms with E-state index in [0.29, 0.717) is 18.6 Å². The van der Waals surface area contributed by atoms with Crippen molar-refractivity contribution >= 4 is 11.8 Å². The molecule has 3 heteroatoms. The lowest BCUT2D eigenvalue weighted by atomic mass is 9.75. The fourth-order valence-electron chi connectivity index (χ4n) is 2.50. The summed E-state index contributed by atoms with van der Waals surface area (Å²) >= 11 is 0. The highest BCUT2D eigenvalue weighted by Gasteiger charge is 2.39. The van der Waals surface area contributed by atoms with Gasteiger partial charge in [-0.05, 0) is 31.4 Å². The van der Waals surface area contributed by atoms with Crippen LogP contribution in [0.2, 0.25) is 0 Å². The van der Waals surface area contributed by atoms with E-state index in [2.05, 4.69) is 0 Å². The first-order valence-electron chi connectivity index (χ1n) is 6.57. The SMILES string of the molecule is CCOC(=O)[C@@H]1C(=O)C(C)=CCC1c1ccccc1. The molecule has 0 aromatic heterocycles. The summed E-state index contributed by atoms with van der Waals surface area (Å²) in [6.07, 6.45) is 2.61. The van der Waals surface area contributed by atoms with E-state index in [9.17, 15) is 9.59 Å². The predicted octanol–water partition coefficient (Wildman–Crippen LogP) is 2.87. The van der Waals surface area contributed by atoms with Gasteiger partial charge in [0.05, 0.1) is 6.61 Å². The van der Waals surface area contributed by atoms with Crippen molar-refractivity contribution in [2.75, 3.05) is 6.61 Å². The molecular weight excluding hydrogens is 240 g/mol. The van der Waals surface area contributed by atoms with Gasteiger partial charge in [0.15, 0.2) is 5.78 Å². The van der Waals surface area contributed by atoms with E-state index in [1.807, 2.05) is 36.4 Å². The van der Waals surface area contributed by atoms with Crippen LogP contribution in [0.25, 0.3) is 0 Å². The molecule has 1 aromatic rings. The Morgan fingerprint density at radius 2 is 2.00 bits per heavy atom. The van der Waals surface area contributed by atoms with E-state index >= 15 is 0 Å². The van der Waals surface area contributed by atoms with Gasteiger partial charge in [-0.15, -0.1) is 0 Å². The largest absolute Gasteiger partial charge is 0.465 e. The molecule has 1 aliphatic rings. The molecule has 1 unspecified atom stereocenters. The molecule has 0 fully saturated rings. The second-order valence-electron chi connectivity index (χ2n) is 4.73. The highest BCUT2D eigenvalue weighted by atomic mass is 16.5. The predicted molar refractivity (Wildman–Crippen MR) is 72.7 cm³/mol. The smallest absolute Gasteiger partial charge is 0.317 e. The summed E-state index contributed by atoms with van der Waals surface area (Å²) in [4.78, 5) is 24.3. The van der Waals surface area contributed by atoms with Gasteiger partial charge in [-0.1, -0.05) is 36.4 Å². The topological polar surface area (TPSA) is 43.4 Å². The van der Waals surface area contributed by atoms with Gasteiger partial charge in [0, 0.05) is 5.92 Å². The fraction of sp³-hybridized carbons (Fsp3) is 0.375. The molecule has 100 valence electrons. The highest BCUT2D eigenvalue weighted by Crippen LogP contribution is 2.35. The van der Waals surface area contributed by atoms with Crippen molar-refractivity contribution < 1.29 is 14.3 Å². The van der Waals surface area contributed by atoms with Crippen LogP contribution in [0.5, 0.6) is 0 Å². The lowest BCUT2D eigenvalue weighted by Gasteiger charge is -2.28. The minimum atomic E-state index is -0.702. The summed E-state index contributed by atoms with van der Waals surface area (Å²) in [7, 11) is 0. The maximum atomic E-state index is 12.3. The van der Waals surface area contributed by atoms with Crippen LogP contribution in [0.4, 0.5) is 0 Å². The zero-order chi connectivity index (χ0) is 13.8. The Bertz CT molecular complexity index is 502. The number of rotatable bonds is 3.